The molecule has 26 heavy (non-hydrogen) atoms. The Kier molecular flexibility index (Phi) is 4.20. The zero-order valence-electron chi connectivity index (χ0n) is 14.6. The molecule has 8 heteroatoms. The second-order valence-electron chi connectivity index (χ2n) is 6.48. The van der Waals surface area contributed by atoms with Crippen LogP contribution in [0.4, 0.5) is 5.13 Å². The fourth-order valence-corrected chi connectivity index (χ4v) is 3.90. The highest BCUT2D eigenvalue weighted by Gasteiger charge is 2.36. The van der Waals surface area contributed by atoms with Crippen molar-refractivity contribution in [3.8, 4) is 0 Å². The van der Waals surface area contributed by atoms with E-state index in [4.69, 9.17) is 0 Å². The van der Waals surface area contributed by atoms with E-state index in [1.165, 1.54) is 11.3 Å². The molecule has 7 nitrogen and oxygen atoms in total. The lowest BCUT2D eigenvalue weighted by Gasteiger charge is -2.13. The van der Waals surface area contributed by atoms with Crippen molar-refractivity contribution in [1.29, 1.82) is 0 Å². The van der Waals surface area contributed by atoms with E-state index < -0.39 is 0 Å². The number of benzene rings is 1. The molecule has 134 valence electrons. The number of carbonyl (C=O) groups excluding carboxylic acids is 2. The van der Waals surface area contributed by atoms with Crippen LogP contribution in [0.1, 0.15) is 17.8 Å². The van der Waals surface area contributed by atoms with Crippen LogP contribution in [-0.4, -0.2) is 32.9 Å². The molecular weight excluding hydrogens is 350 g/mol. The number of rotatable bonds is 4. The number of amides is 2. The van der Waals surface area contributed by atoms with E-state index in [0.29, 0.717) is 18.2 Å². The van der Waals surface area contributed by atoms with Gasteiger partial charge in [-0.05, 0) is 24.6 Å². The Balaban J connectivity index is 1.40. The van der Waals surface area contributed by atoms with Gasteiger partial charge in [0.1, 0.15) is 5.82 Å². The highest BCUT2D eigenvalue weighted by Crippen LogP contribution is 2.26. The topological polar surface area (TPSA) is 80.1 Å². The molecule has 2 aromatic heterocycles. The summed E-state index contributed by atoms with van der Waals surface area (Å²) in [4.78, 5) is 34.9. The molecular formula is C18H19N5O2S. The van der Waals surface area contributed by atoms with E-state index >= 15 is 0 Å². The summed E-state index contributed by atoms with van der Waals surface area (Å²) in [5.74, 6) is 0.459. The summed E-state index contributed by atoms with van der Waals surface area (Å²) in [6, 6.07) is 6.00. The summed E-state index contributed by atoms with van der Waals surface area (Å²) in [5.41, 5.74) is 2.98. The third-order valence-electron chi connectivity index (χ3n) is 4.78. The van der Waals surface area contributed by atoms with Crippen LogP contribution in [-0.2, 0) is 23.2 Å². The lowest BCUT2D eigenvalue weighted by atomic mass is 10.1. The van der Waals surface area contributed by atoms with E-state index in [2.05, 4.69) is 15.3 Å². The van der Waals surface area contributed by atoms with Crippen molar-refractivity contribution in [3.05, 3.63) is 41.2 Å². The summed E-state index contributed by atoms with van der Waals surface area (Å²) in [6.45, 7) is 2.77. The van der Waals surface area contributed by atoms with Gasteiger partial charge in [-0.25, -0.2) is 9.97 Å². The van der Waals surface area contributed by atoms with Gasteiger partial charge in [-0.1, -0.05) is 6.07 Å². The molecule has 1 aromatic carbocycles. The zero-order chi connectivity index (χ0) is 18.3. The molecule has 0 bridgehead atoms. The second kappa shape index (κ2) is 6.53. The van der Waals surface area contributed by atoms with Gasteiger partial charge in [0, 0.05) is 38.1 Å². The molecule has 2 amide bonds. The van der Waals surface area contributed by atoms with Gasteiger partial charge in [-0.3, -0.25) is 14.5 Å². The molecule has 0 radical (unpaired) electrons. The molecule has 0 spiro atoms. The number of hydrogen-bond donors (Lipinski definition) is 1. The average molecular weight is 369 g/mol. The first-order valence-corrected chi connectivity index (χ1v) is 9.30. The van der Waals surface area contributed by atoms with Crippen LogP contribution in [0.5, 0.6) is 0 Å². The minimum absolute atomic E-state index is 0.0505. The molecule has 1 N–H and O–H groups in total. The lowest BCUT2D eigenvalue weighted by molar-refractivity contribution is -0.126. The van der Waals surface area contributed by atoms with Crippen molar-refractivity contribution in [2.75, 3.05) is 11.4 Å². The standard InChI is InChI=1S/C18H19N5O2S/c1-11-21-14-7-12(3-4-15(14)22(11)2)9-20-17(25)13-8-16(24)23(10-13)18-19-5-6-26-18/h3-7,13H,8-10H2,1-2H3,(H,20,25). The first-order valence-electron chi connectivity index (χ1n) is 8.42. The van der Waals surface area contributed by atoms with Gasteiger partial charge in [0.05, 0.1) is 17.0 Å². The highest BCUT2D eigenvalue weighted by atomic mass is 32.1. The number of hydrogen-bond acceptors (Lipinski definition) is 5. The second-order valence-corrected chi connectivity index (χ2v) is 7.35. The van der Waals surface area contributed by atoms with Crippen molar-refractivity contribution in [2.24, 2.45) is 13.0 Å². The predicted octanol–water partition coefficient (Wildman–Crippen LogP) is 2.01. The summed E-state index contributed by atoms with van der Waals surface area (Å²) < 4.78 is 2.04. The summed E-state index contributed by atoms with van der Waals surface area (Å²) in [7, 11) is 1.98. The molecule has 1 atom stereocenters. The Hall–Kier alpha value is -2.74. The van der Waals surface area contributed by atoms with Crippen LogP contribution in [0.15, 0.2) is 29.8 Å². The molecule has 0 saturated carbocycles. The number of anilines is 1. The maximum absolute atomic E-state index is 12.5. The van der Waals surface area contributed by atoms with Gasteiger partial charge in [0.25, 0.3) is 0 Å². The number of thiazole rings is 1. The molecule has 0 aliphatic carbocycles. The summed E-state index contributed by atoms with van der Waals surface area (Å²) >= 11 is 1.41. The van der Waals surface area contributed by atoms with E-state index in [1.54, 1.807) is 11.1 Å². The van der Waals surface area contributed by atoms with E-state index in [0.717, 1.165) is 22.4 Å². The molecule has 3 aromatic rings. The minimum atomic E-state index is -0.341. The molecule has 3 heterocycles. The van der Waals surface area contributed by atoms with Gasteiger partial charge in [-0.2, -0.15) is 0 Å². The van der Waals surface area contributed by atoms with E-state index in [-0.39, 0.29) is 24.2 Å². The summed E-state index contributed by atoms with van der Waals surface area (Å²) in [5, 5.41) is 5.42. The fraction of sp³-hybridized carbons (Fsp3) is 0.333. The molecule has 4 rings (SSSR count). The maximum atomic E-state index is 12.5. The third-order valence-corrected chi connectivity index (χ3v) is 5.58. The number of aryl methyl sites for hydroxylation is 2. The van der Waals surface area contributed by atoms with Gasteiger partial charge in [0.15, 0.2) is 5.13 Å². The lowest BCUT2D eigenvalue weighted by Crippen LogP contribution is -2.32. The number of imidazole rings is 1. The Morgan fingerprint density at radius 2 is 2.27 bits per heavy atom. The Bertz CT molecular complexity index is 979. The Morgan fingerprint density at radius 3 is 3.04 bits per heavy atom. The van der Waals surface area contributed by atoms with E-state index in [9.17, 15) is 9.59 Å². The van der Waals surface area contributed by atoms with Crippen LogP contribution in [0.2, 0.25) is 0 Å². The minimum Gasteiger partial charge on any atom is -0.352 e. The monoisotopic (exact) mass is 369 g/mol. The normalized spacial score (nSPS) is 17.2. The summed E-state index contributed by atoms with van der Waals surface area (Å²) in [6.07, 6.45) is 1.89. The largest absolute Gasteiger partial charge is 0.352 e. The van der Waals surface area contributed by atoms with Gasteiger partial charge < -0.3 is 9.88 Å². The fourth-order valence-electron chi connectivity index (χ4n) is 3.23. The van der Waals surface area contributed by atoms with Gasteiger partial charge in [-0.15, -0.1) is 11.3 Å². The smallest absolute Gasteiger partial charge is 0.229 e. The molecule has 1 aliphatic rings. The van der Waals surface area contributed by atoms with Crippen LogP contribution in [0.3, 0.4) is 0 Å². The predicted molar refractivity (Wildman–Crippen MR) is 99.9 cm³/mol. The molecule has 1 saturated heterocycles. The van der Waals surface area contributed by atoms with Crippen LogP contribution in [0.25, 0.3) is 11.0 Å². The number of aromatic nitrogens is 3. The van der Waals surface area contributed by atoms with Crippen molar-refractivity contribution < 1.29 is 9.59 Å². The highest BCUT2D eigenvalue weighted by molar-refractivity contribution is 7.13. The van der Waals surface area contributed by atoms with Crippen molar-refractivity contribution >= 4 is 39.3 Å². The Labute approximate surface area is 154 Å². The quantitative estimate of drug-likeness (QED) is 0.763. The first-order chi connectivity index (χ1) is 12.5. The number of nitrogens with zero attached hydrogens (tertiary/aromatic N) is 4. The molecule has 1 fully saturated rings. The van der Waals surface area contributed by atoms with Crippen LogP contribution >= 0.6 is 11.3 Å². The van der Waals surface area contributed by atoms with Crippen molar-refractivity contribution in [1.82, 2.24) is 19.9 Å². The van der Waals surface area contributed by atoms with Crippen molar-refractivity contribution in [2.45, 2.75) is 19.9 Å². The number of carbonyl (C=O) groups is 2. The number of fused-ring (bicyclic) bond motifs is 1. The van der Waals surface area contributed by atoms with Crippen molar-refractivity contribution in [3.63, 3.8) is 0 Å². The third kappa shape index (κ3) is 2.96. The maximum Gasteiger partial charge on any atom is 0.229 e. The Morgan fingerprint density at radius 1 is 1.42 bits per heavy atom. The molecule has 1 aliphatic heterocycles. The van der Waals surface area contributed by atoms with E-state index in [1.807, 2.05) is 42.1 Å². The first kappa shape index (κ1) is 16.7. The van der Waals surface area contributed by atoms with Crippen LogP contribution in [0, 0.1) is 12.8 Å². The number of nitrogens with one attached hydrogen (secondary N) is 1. The molecule has 1 unspecified atom stereocenters. The van der Waals surface area contributed by atoms with Gasteiger partial charge >= 0.3 is 0 Å². The van der Waals surface area contributed by atoms with Gasteiger partial charge in [0.2, 0.25) is 11.8 Å². The SMILES string of the molecule is Cc1nc2cc(CNC(=O)C3CC(=O)N(c4nccs4)C3)ccc2n1C. The average Bonchev–Trinajstić information content (AvgIpc) is 3.33. The van der Waals surface area contributed by atoms with Crippen LogP contribution < -0.4 is 10.2 Å². The zero-order valence-corrected chi connectivity index (χ0v) is 15.4.